The summed E-state index contributed by atoms with van der Waals surface area (Å²) in [6, 6.07) is 9.90. The Labute approximate surface area is 152 Å². The smallest absolute Gasteiger partial charge is 0.433 e. The molecule has 2 aromatic heterocycles. The van der Waals surface area contributed by atoms with Crippen molar-refractivity contribution in [2.45, 2.75) is 13.8 Å². The third-order valence-corrected chi connectivity index (χ3v) is 4.34. The summed E-state index contributed by atoms with van der Waals surface area (Å²) >= 11 is 1.31. The third-order valence-electron chi connectivity index (χ3n) is 3.45. The lowest BCUT2D eigenvalue weighted by molar-refractivity contribution is -0.402. The van der Waals surface area contributed by atoms with E-state index in [1.54, 1.807) is 0 Å². The van der Waals surface area contributed by atoms with Crippen molar-refractivity contribution in [1.82, 2.24) is 4.98 Å². The van der Waals surface area contributed by atoms with Gasteiger partial charge in [-0.15, -0.1) is 11.3 Å². The molecule has 0 spiro atoms. The van der Waals surface area contributed by atoms with Crippen LogP contribution < -0.4 is 10.1 Å². The average molecular weight is 373 g/mol. The quantitative estimate of drug-likeness (QED) is 0.511. The number of furan rings is 1. The largest absolute Gasteiger partial charge is 0.494 e. The number of carbonyl (C=O) groups is 1. The predicted molar refractivity (Wildman–Crippen MR) is 96.8 cm³/mol. The summed E-state index contributed by atoms with van der Waals surface area (Å²) in [4.78, 5) is 27.4. The topological polar surface area (TPSA) is 108 Å². The first-order valence-corrected chi connectivity index (χ1v) is 8.56. The third kappa shape index (κ3) is 3.72. The van der Waals surface area contributed by atoms with Crippen molar-refractivity contribution in [3.63, 3.8) is 0 Å². The summed E-state index contributed by atoms with van der Waals surface area (Å²) in [5, 5.41) is 13.6. The molecule has 1 amide bonds. The Balaban J connectivity index is 1.76. The first-order valence-electron chi connectivity index (χ1n) is 7.74. The summed E-state index contributed by atoms with van der Waals surface area (Å²) < 4.78 is 10.3. The maximum Gasteiger partial charge on any atom is 0.433 e. The molecule has 0 fully saturated rings. The number of amides is 1. The highest BCUT2D eigenvalue weighted by Crippen LogP contribution is 2.31. The fourth-order valence-electron chi connectivity index (χ4n) is 2.30. The first-order chi connectivity index (χ1) is 12.5. The maximum atomic E-state index is 12.1. The highest BCUT2D eigenvalue weighted by Gasteiger charge is 2.19. The van der Waals surface area contributed by atoms with Crippen LogP contribution in [-0.4, -0.2) is 22.4 Å². The van der Waals surface area contributed by atoms with Crippen molar-refractivity contribution in [3.05, 3.63) is 57.1 Å². The van der Waals surface area contributed by atoms with Gasteiger partial charge in [-0.2, -0.15) is 0 Å². The highest BCUT2D eigenvalue weighted by atomic mass is 32.1. The zero-order valence-electron chi connectivity index (χ0n) is 14.0. The predicted octanol–water partition coefficient (Wildman–Crippen LogP) is 4.27. The summed E-state index contributed by atoms with van der Waals surface area (Å²) in [7, 11) is 0. The molecule has 9 heteroatoms. The zero-order chi connectivity index (χ0) is 18.7. The lowest BCUT2D eigenvalue weighted by Crippen LogP contribution is -2.10. The number of nitrogens with one attached hydrogen (secondary N) is 1. The Morgan fingerprint density at radius 2 is 2.04 bits per heavy atom. The van der Waals surface area contributed by atoms with Gasteiger partial charge >= 0.3 is 5.88 Å². The van der Waals surface area contributed by atoms with E-state index >= 15 is 0 Å². The van der Waals surface area contributed by atoms with Crippen LogP contribution in [0, 0.1) is 17.0 Å². The number of aromatic nitrogens is 1. The Bertz CT molecular complexity index is 946. The van der Waals surface area contributed by atoms with E-state index in [0.29, 0.717) is 11.7 Å². The van der Waals surface area contributed by atoms with Crippen LogP contribution >= 0.6 is 11.3 Å². The van der Waals surface area contributed by atoms with E-state index in [4.69, 9.17) is 9.15 Å². The highest BCUT2D eigenvalue weighted by molar-refractivity contribution is 7.16. The van der Waals surface area contributed by atoms with Gasteiger partial charge in [-0.25, -0.2) is 4.98 Å². The fourth-order valence-corrected chi connectivity index (χ4v) is 3.13. The van der Waals surface area contributed by atoms with Gasteiger partial charge in [0.1, 0.15) is 10.7 Å². The number of ether oxygens (including phenoxy) is 1. The molecule has 1 aromatic carbocycles. The Kier molecular flexibility index (Phi) is 4.99. The van der Waals surface area contributed by atoms with Gasteiger partial charge in [0, 0.05) is 10.4 Å². The normalized spacial score (nSPS) is 10.5. The van der Waals surface area contributed by atoms with Gasteiger partial charge in [0.15, 0.2) is 10.9 Å². The maximum absolute atomic E-state index is 12.1. The molecule has 1 N–H and O–H groups in total. The average Bonchev–Trinajstić information content (AvgIpc) is 3.23. The van der Waals surface area contributed by atoms with Gasteiger partial charge in [-0.1, -0.05) is 0 Å². The number of nitrogens with zero attached hydrogens (tertiary/aromatic N) is 2. The minimum atomic E-state index is -0.700. The molecule has 0 aliphatic carbocycles. The van der Waals surface area contributed by atoms with Gasteiger partial charge < -0.3 is 9.15 Å². The molecule has 2 heterocycles. The molecule has 8 nitrogen and oxygen atoms in total. The van der Waals surface area contributed by atoms with E-state index in [1.165, 1.54) is 17.4 Å². The van der Waals surface area contributed by atoms with E-state index in [2.05, 4.69) is 10.3 Å². The van der Waals surface area contributed by atoms with Crippen LogP contribution in [-0.2, 0) is 0 Å². The second-order valence-electron chi connectivity index (χ2n) is 5.23. The van der Waals surface area contributed by atoms with Gasteiger partial charge in [-0.3, -0.25) is 20.2 Å². The molecular formula is C17H15N3O5S. The van der Waals surface area contributed by atoms with Crippen molar-refractivity contribution in [1.29, 1.82) is 0 Å². The van der Waals surface area contributed by atoms with Crippen molar-refractivity contribution >= 4 is 28.3 Å². The van der Waals surface area contributed by atoms with E-state index < -0.39 is 16.7 Å². The van der Waals surface area contributed by atoms with Crippen LogP contribution in [0.15, 0.2) is 40.8 Å². The molecule has 3 rings (SSSR count). The zero-order valence-corrected chi connectivity index (χ0v) is 14.8. The number of hydrogen-bond acceptors (Lipinski definition) is 7. The Hall–Kier alpha value is -3.20. The standard InChI is InChI=1S/C17H15N3O5S/c1-3-24-12-6-4-11(5-7-12)15-10(2)26-17(18-15)19-16(21)13-8-9-14(25-13)20(22)23/h4-9H,3H2,1-2H3,(H,18,19,21). The molecular weight excluding hydrogens is 358 g/mol. The lowest BCUT2D eigenvalue weighted by Gasteiger charge is -2.04. The number of hydrogen-bond donors (Lipinski definition) is 1. The molecule has 134 valence electrons. The second-order valence-corrected chi connectivity index (χ2v) is 6.43. The molecule has 0 atom stereocenters. The summed E-state index contributed by atoms with van der Waals surface area (Å²) in [5.41, 5.74) is 1.65. The number of carbonyl (C=O) groups excluding carboxylic acids is 1. The molecule has 0 radical (unpaired) electrons. The van der Waals surface area contributed by atoms with Crippen molar-refractivity contribution in [2.75, 3.05) is 11.9 Å². The Morgan fingerprint density at radius 3 is 2.65 bits per heavy atom. The van der Waals surface area contributed by atoms with Crippen molar-refractivity contribution < 1.29 is 18.9 Å². The van der Waals surface area contributed by atoms with Crippen LogP contribution in [0.3, 0.4) is 0 Å². The van der Waals surface area contributed by atoms with Crippen LogP contribution in [0.1, 0.15) is 22.4 Å². The molecule has 26 heavy (non-hydrogen) atoms. The lowest BCUT2D eigenvalue weighted by atomic mass is 10.1. The molecule has 0 saturated carbocycles. The van der Waals surface area contributed by atoms with Crippen LogP contribution in [0.2, 0.25) is 0 Å². The number of benzene rings is 1. The van der Waals surface area contributed by atoms with Gasteiger partial charge in [0.25, 0.3) is 5.91 Å². The minimum Gasteiger partial charge on any atom is -0.494 e. The number of aryl methyl sites for hydroxylation is 1. The SMILES string of the molecule is CCOc1ccc(-c2nc(NC(=O)c3ccc([N+](=O)[O-])o3)sc2C)cc1. The van der Waals surface area contributed by atoms with Crippen LogP contribution in [0.25, 0.3) is 11.3 Å². The second kappa shape index (κ2) is 7.36. The van der Waals surface area contributed by atoms with Crippen molar-refractivity contribution in [2.24, 2.45) is 0 Å². The summed E-state index contributed by atoms with van der Waals surface area (Å²) in [6.45, 7) is 4.41. The summed E-state index contributed by atoms with van der Waals surface area (Å²) in [5.74, 6) is -0.449. The molecule has 0 aliphatic heterocycles. The number of thiazole rings is 1. The van der Waals surface area contributed by atoms with E-state index in [0.717, 1.165) is 28.0 Å². The Morgan fingerprint density at radius 1 is 1.31 bits per heavy atom. The molecule has 0 unspecified atom stereocenters. The van der Waals surface area contributed by atoms with Crippen LogP contribution in [0.5, 0.6) is 5.75 Å². The van der Waals surface area contributed by atoms with Crippen LogP contribution in [0.4, 0.5) is 11.0 Å². The van der Waals surface area contributed by atoms with E-state index in [9.17, 15) is 14.9 Å². The minimum absolute atomic E-state index is 0.146. The first kappa shape index (κ1) is 17.6. The molecule has 0 saturated heterocycles. The fraction of sp³-hybridized carbons (Fsp3) is 0.176. The van der Waals surface area contributed by atoms with E-state index in [1.807, 2.05) is 38.1 Å². The number of nitro groups is 1. The summed E-state index contributed by atoms with van der Waals surface area (Å²) in [6.07, 6.45) is 0. The van der Waals surface area contributed by atoms with Gasteiger partial charge in [0.2, 0.25) is 0 Å². The number of rotatable bonds is 6. The molecule has 3 aromatic rings. The van der Waals surface area contributed by atoms with E-state index in [-0.39, 0.29) is 5.76 Å². The van der Waals surface area contributed by atoms with Gasteiger partial charge in [-0.05, 0) is 44.2 Å². The molecule has 0 bridgehead atoms. The monoisotopic (exact) mass is 373 g/mol. The molecule has 0 aliphatic rings. The number of anilines is 1. The van der Waals surface area contributed by atoms with Gasteiger partial charge in [0.05, 0.1) is 18.4 Å². The van der Waals surface area contributed by atoms with Crippen molar-refractivity contribution in [3.8, 4) is 17.0 Å².